The smallest absolute Gasteiger partial charge is 0.297 e. The molecule has 1 N–H and O–H groups in total. The van der Waals surface area contributed by atoms with E-state index in [9.17, 15) is 9.18 Å². The predicted molar refractivity (Wildman–Crippen MR) is 60.1 cm³/mol. The minimum Gasteiger partial charge on any atom is -0.297 e. The third-order valence-corrected chi connectivity index (χ3v) is 1.93. The highest BCUT2D eigenvalue weighted by molar-refractivity contribution is 6.65. The first-order chi connectivity index (χ1) is 7.61. The molecule has 1 aromatic rings. The number of rotatable bonds is 3. The highest BCUT2D eigenvalue weighted by atomic mass is 35.5. The third-order valence-electron chi connectivity index (χ3n) is 1.59. The maximum absolute atomic E-state index is 12.7. The molecule has 0 bridgehead atoms. The lowest BCUT2D eigenvalue weighted by atomic mass is 10.3. The molecule has 16 heavy (non-hydrogen) atoms. The van der Waals surface area contributed by atoms with Crippen molar-refractivity contribution >= 4 is 28.6 Å². The summed E-state index contributed by atoms with van der Waals surface area (Å²) in [6.07, 6.45) is -0.355. The summed E-state index contributed by atoms with van der Waals surface area (Å²) in [7, 11) is 0. The van der Waals surface area contributed by atoms with Crippen molar-refractivity contribution in [3.63, 3.8) is 0 Å². The van der Waals surface area contributed by atoms with Gasteiger partial charge >= 0.3 is 6.09 Å². The van der Waals surface area contributed by atoms with Crippen molar-refractivity contribution in [2.24, 2.45) is 5.16 Å². The van der Waals surface area contributed by atoms with Crippen LogP contribution in [-0.4, -0.2) is 11.3 Å². The van der Waals surface area contributed by atoms with Crippen molar-refractivity contribution in [2.45, 2.75) is 13.3 Å². The number of nitrogens with one attached hydrogen (secondary N) is 1. The average Bonchev–Trinajstić information content (AvgIpc) is 2.26. The van der Waals surface area contributed by atoms with E-state index in [1.807, 2.05) is 0 Å². The van der Waals surface area contributed by atoms with Crippen molar-refractivity contribution in [3.05, 3.63) is 30.1 Å². The molecule has 0 aliphatic rings. The van der Waals surface area contributed by atoms with E-state index in [1.165, 1.54) is 18.2 Å². The first-order valence-electron chi connectivity index (χ1n) is 4.57. The summed E-state index contributed by atoms with van der Waals surface area (Å²) in [4.78, 5) is 15.5. The van der Waals surface area contributed by atoms with Crippen LogP contribution in [0.5, 0.6) is 0 Å². The van der Waals surface area contributed by atoms with Gasteiger partial charge in [0.1, 0.15) is 11.0 Å². The maximum atomic E-state index is 12.7. The van der Waals surface area contributed by atoms with E-state index in [2.05, 4.69) is 15.3 Å². The molecular weight excluding hydrogens is 235 g/mol. The maximum Gasteiger partial charge on any atom is 0.437 e. The Morgan fingerprint density at radius 1 is 1.62 bits per heavy atom. The number of anilines is 1. The van der Waals surface area contributed by atoms with E-state index in [1.54, 1.807) is 6.92 Å². The predicted octanol–water partition coefficient (Wildman–Crippen LogP) is 3.34. The largest absolute Gasteiger partial charge is 0.437 e. The zero-order valence-corrected chi connectivity index (χ0v) is 9.29. The Bertz CT molecular complexity index is 410. The molecule has 0 saturated heterocycles. The molecule has 0 spiro atoms. The molecule has 0 atom stereocenters. The van der Waals surface area contributed by atoms with Gasteiger partial charge in [-0.3, -0.25) is 10.2 Å². The number of hydrogen-bond acceptors (Lipinski definition) is 3. The van der Waals surface area contributed by atoms with E-state index in [4.69, 9.17) is 11.6 Å². The van der Waals surface area contributed by atoms with Gasteiger partial charge < -0.3 is 0 Å². The molecule has 0 aliphatic carbocycles. The van der Waals surface area contributed by atoms with E-state index in [0.717, 1.165) is 6.07 Å². The summed E-state index contributed by atoms with van der Waals surface area (Å²) in [6.45, 7) is 1.76. The van der Waals surface area contributed by atoms with Gasteiger partial charge in [0, 0.05) is 12.1 Å². The molecule has 0 aromatic heterocycles. The molecule has 0 radical (unpaired) electrons. The Labute approximate surface area is 97.0 Å². The highest BCUT2D eigenvalue weighted by Gasteiger charge is 2.03. The molecule has 1 rings (SSSR count). The summed E-state index contributed by atoms with van der Waals surface area (Å²) >= 11 is 5.52. The van der Waals surface area contributed by atoms with Gasteiger partial charge in [0.15, 0.2) is 0 Å². The molecule has 0 saturated carbocycles. The summed E-state index contributed by atoms with van der Waals surface area (Å²) in [5.74, 6) is -0.451. The molecule has 86 valence electrons. The van der Waals surface area contributed by atoms with Crippen LogP contribution in [0.4, 0.5) is 14.9 Å². The number of amides is 1. The Morgan fingerprint density at radius 2 is 2.38 bits per heavy atom. The fourth-order valence-corrected chi connectivity index (χ4v) is 0.897. The van der Waals surface area contributed by atoms with E-state index in [-0.39, 0.29) is 10.9 Å². The number of oxime groups is 1. The van der Waals surface area contributed by atoms with Crippen LogP contribution in [-0.2, 0) is 4.84 Å². The number of carbonyl (C=O) groups excluding carboxylic acids is 1. The van der Waals surface area contributed by atoms with Crippen molar-refractivity contribution in [2.75, 3.05) is 5.32 Å². The molecule has 0 unspecified atom stereocenters. The summed E-state index contributed by atoms with van der Waals surface area (Å²) in [5.41, 5.74) is 0.285. The van der Waals surface area contributed by atoms with Crippen LogP contribution in [0.1, 0.15) is 13.3 Å². The number of nitrogens with zero attached hydrogens (tertiary/aromatic N) is 1. The molecule has 1 aromatic carbocycles. The third kappa shape index (κ3) is 4.27. The minimum absolute atomic E-state index is 0.175. The van der Waals surface area contributed by atoms with Gasteiger partial charge in [0.05, 0.1) is 0 Å². The fourth-order valence-electron chi connectivity index (χ4n) is 0.862. The molecule has 0 fully saturated rings. The quantitative estimate of drug-likeness (QED) is 0.504. The monoisotopic (exact) mass is 244 g/mol. The lowest BCUT2D eigenvalue weighted by Crippen LogP contribution is -2.11. The SMILES string of the molecule is CC/C(Cl)=N\OC(=O)Nc1cccc(F)c1. The zero-order valence-electron chi connectivity index (χ0n) is 8.54. The number of hydrogen-bond donors (Lipinski definition) is 1. The van der Waals surface area contributed by atoms with Crippen LogP contribution in [0, 0.1) is 5.82 Å². The van der Waals surface area contributed by atoms with Crippen LogP contribution >= 0.6 is 11.6 Å². The van der Waals surface area contributed by atoms with Crippen molar-refractivity contribution in [3.8, 4) is 0 Å². The summed E-state index contributed by atoms with van der Waals surface area (Å²) < 4.78 is 12.7. The average molecular weight is 245 g/mol. The van der Waals surface area contributed by atoms with Crippen LogP contribution in [0.2, 0.25) is 0 Å². The molecule has 0 aliphatic heterocycles. The molecular formula is C10H10ClFN2O2. The first kappa shape index (κ1) is 12.4. The highest BCUT2D eigenvalue weighted by Crippen LogP contribution is 2.09. The van der Waals surface area contributed by atoms with Crippen LogP contribution in [0.15, 0.2) is 29.4 Å². The number of halogens is 2. The lowest BCUT2D eigenvalue weighted by Gasteiger charge is -2.02. The number of carbonyl (C=O) groups is 1. The second-order valence-corrected chi connectivity index (χ2v) is 3.27. The summed E-state index contributed by atoms with van der Waals surface area (Å²) in [6, 6.07) is 5.41. The van der Waals surface area contributed by atoms with Crippen LogP contribution in [0.25, 0.3) is 0 Å². The Morgan fingerprint density at radius 3 is 3.00 bits per heavy atom. The van der Waals surface area contributed by atoms with Crippen molar-refractivity contribution in [1.82, 2.24) is 0 Å². The fraction of sp³-hybridized carbons (Fsp3) is 0.200. The van der Waals surface area contributed by atoms with E-state index in [0.29, 0.717) is 6.42 Å². The van der Waals surface area contributed by atoms with Gasteiger partial charge in [-0.25, -0.2) is 9.18 Å². The van der Waals surface area contributed by atoms with E-state index < -0.39 is 11.9 Å². The Kier molecular flexibility index (Phi) is 4.72. The number of benzene rings is 1. The lowest BCUT2D eigenvalue weighted by molar-refractivity contribution is 0.166. The first-order valence-corrected chi connectivity index (χ1v) is 4.95. The van der Waals surface area contributed by atoms with Gasteiger partial charge in [-0.05, 0) is 18.2 Å². The Balaban J connectivity index is 2.52. The second kappa shape index (κ2) is 6.07. The van der Waals surface area contributed by atoms with Crippen LogP contribution in [0.3, 0.4) is 0 Å². The van der Waals surface area contributed by atoms with Crippen molar-refractivity contribution in [1.29, 1.82) is 0 Å². The molecule has 4 nitrogen and oxygen atoms in total. The van der Waals surface area contributed by atoms with Gasteiger partial charge in [-0.15, -0.1) is 0 Å². The zero-order chi connectivity index (χ0) is 12.0. The standard InChI is InChI=1S/C10H10ClFN2O2/c1-2-9(11)14-16-10(15)13-8-5-3-4-7(12)6-8/h3-6H,2H2,1H3,(H,13,15)/b14-9+. The van der Waals surface area contributed by atoms with Gasteiger partial charge in [0.25, 0.3) is 0 Å². The molecule has 6 heteroatoms. The van der Waals surface area contributed by atoms with Gasteiger partial charge in [-0.1, -0.05) is 29.7 Å². The molecule has 1 amide bonds. The topological polar surface area (TPSA) is 50.7 Å². The van der Waals surface area contributed by atoms with Gasteiger partial charge in [0.2, 0.25) is 0 Å². The summed E-state index contributed by atoms with van der Waals surface area (Å²) in [5, 5.41) is 5.81. The van der Waals surface area contributed by atoms with E-state index >= 15 is 0 Å². The second-order valence-electron chi connectivity index (χ2n) is 2.84. The minimum atomic E-state index is -0.822. The Hall–Kier alpha value is -1.62. The van der Waals surface area contributed by atoms with Gasteiger partial charge in [-0.2, -0.15) is 0 Å². The van der Waals surface area contributed by atoms with Crippen molar-refractivity contribution < 1.29 is 14.0 Å². The molecule has 0 heterocycles. The normalized spacial score (nSPS) is 11.1. The van der Waals surface area contributed by atoms with Crippen LogP contribution < -0.4 is 5.32 Å².